The van der Waals surface area contributed by atoms with Gasteiger partial charge in [-0.2, -0.15) is 5.26 Å². The van der Waals surface area contributed by atoms with E-state index >= 15 is 0 Å². The average Bonchev–Trinajstić information content (AvgIpc) is 3.06. The maximum atomic E-state index is 11.9. The molecule has 1 heterocycles. The molecule has 2 aromatic carbocycles. The highest BCUT2D eigenvalue weighted by Crippen LogP contribution is 2.36. The molecule has 0 aliphatic carbocycles. The number of amides is 1. The van der Waals surface area contributed by atoms with Gasteiger partial charge in [0, 0.05) is 29.1 Å². The number of alkyl halides is 1. The molecule has 0 aliphatic heterocycles. The third-order valence-corrected chi connectivity index (χ3v) is 4.86. The Morgan fingerprint density at radius 3 is 2.79 bits per heavy atom. The van der Waals surface area contributed by atoms with E-state index in [1.807, 2.05) is 43.3 Å². The zero-order valence-corrected chi connectivity index (χ0v) is 17.1. The first-order valence-corrected chi connectivity index (χ1v) is 9.86. The molecule has 0 atom stereocenters. The van der Waals surface area contributed by atoms with Crippen LogP contribution in [0.4, 0.5) is 10.5 Å². The molecule has 0 radical (unpaired) electrons. The van der Waals surface area contributed by atoms with Crippen LogP contribution in [0.25, 0.3) is 22.2 Å². The van der Waals surface area contributed by atoms with Gasteiger partial charge >= 0.3 is 6.09 Å². The SMILES string of the molecule is CCn1c(-c2cccc(NC(=O)OCCCCl)c2)c(C#N)c2cc(OC)ccc21. The molecule has 0 saturated carbocycles. The van der Waals surface area contributed by atoms with Crippen LogP contribution in [0.15, 0.2) is 42.5 Å². The number of rotatable bonds is 7. The second kappa shape index (κ2) is 9.35. The van der Waals surface area contributed by atoms with Gasteiger partial charge in [-0.05, 0) is 43.7 Å². The van der Waals surface area contributed by atoms with E-state index in [2.05, 4.69) is 16.0 Å². The van der Waals surface area contributed by atoms with Crippen LogP contribution < -0.4 is 10.1 Å². The van der Waals surface area contributed by atoms with Crippen LogP contribution in [-0.4, -0.2) is 30.3 Å². The van der Waals surface area contributed by atoms with Crippen molar-refractivity contribution < 1.29 is 14.3 Å². The second-order valence-electron chi connectivity index (χ2n) is 6.35. The van der Waals surface area contributed by atoms with Crippen LogP contribution in [-0.2, 0) is 11.3 Å². The number of nitriles is 1. The van der Waals surface area contributed by atoms with Gasteiger partial charge in [0.25, 0.3) is 0 Å². The third kappa shape index (κ3) is 4.30. The van der Waals surface area contributed by atoms with E-state index in [-0.39, 0.29) is 6.61 Å². The van der Waals surface area contributed by atoms with Crippen molar-refractivity contribution in [1.82, 2.24) is 4.57 Å². The summed E-state index contributed by atoms with van der Waals surface area (Å²) < 4.78 is 12.5. The lowest BCUT2D eigenvalue weighted by Crippen LogP contribution is -2.14. The number of fused-ring (bicyclic) bond motifs is 1. The predicted molar refractivity (Wildman–Crippen MR) is 115 cm³/mol. The van der Waals surface area contributed by atoms with Gasteiger partial charge in [0.2, 0.25) is 0 Å². The fourth-order valence-electron chi connectivity index (χ4n) is 3.32. The lowest BCUT2D eigenvalue weighted by Gasteiger charge is -2.11. The Balaban J connectivity index is 2.02. The molecule has 0 fully saturated rings. The van der Waals surface area contributed by atoms with Crippen molar-refractivity contribution in [3.8, 4) is 23.1 Å². The van der Waals surface area contributed by atoms with Crippen molar-refractivity contribution in [3.63, 3.8) is 0 Å². The Hall–Kier alpha value is -3.17. The number of aryl methyl sites for hydroxylation is 1. The molecule has 1 aromatic heterocycles. The molecule has 150 valence electrons. The maximum Gasteiger partial charge on any atom is 0.411 e. The summed E-state index contributed by atoms with van der Waals surface area (Å²) >= 11 is 5.60. The van der Waals surface area contributed by atoms with E-state index in [9.17, 15) is 10.1 Å². The van der Waals surface area contributed by atoms with Gasteiger partial charge in [-0.1, -0.05) is 12.1 Å². The summed E-state index contributed by atoms with van der Waals surface area (Å²) in [5, 5.41) is 13.4. The quantitative estimate of drug-likeness (QED) is 0.418. The monoisotopic (exact) mass is 411 g/mol. The van der Waals surface area contributed by atoms with Crippen molar-refractivity contribution in [2.75, 3.05) is 24.9 Å². The highest BCUT2D eigenvalue weighted by molar-refractivity contribution is 6.17. The first-order chi connectivity index (χ1) is 14.1. The summed E-state index contributed by atoms with van der Waals surface area (Å²) in [5.74, 6) is 1.13. The first-order valence-electron chi connectivity index (χ1n) is 9.33. The number of hydrogen-bond donors (Lipinski definition) is 1. The molecule has 0 aliphatic rings. The molecule has 0 spiro atoms. The van der Waals surface area contributed by atoms with Gasteiger partial charge in [0.05, 0.1) is 30.5 Å². The molecular formula is C22H22ClN3O3. The minimum Gasteiger partial charge on any atom is -0.497 e. The summed E-state index contributed by atoms with van der Waals surface area (Å²) in [6, 6.07) is 15.4. The van der Waals surface area contributed by atoms with E-state index in [1.165, 1.54) is 0 Å². The van der Waals surface area contributed by atoms with E-state index < -0.39 is 6.09 Å². The van der Waals surface area contributed by atoms with Crippen LogP contribution in [0.1, 0.15) is 18.9 Å². The van der Waals surface area contributed by atoms with Crippen molar-refractivity contribution >= 4 is 34.3 Å². The summed E-state index contributed by atoms with van der Waals surface area (Å²) in [6.07, 6.45) is 0.0641. The topological polar surface area (TPSA) is 76.3 Å². The van der Waals surface area contributed by atoms with Gasteiger partial charge in [0.15, 0.2) is 0 Å². The lowest BCUT2D eigenvalue weighted by molar-refractivity contribution is 0.162. The minimum absolute atomic E-state index is 0.263. The fourth-order valence-corrected chi connectivity index (χ4v) is 3.43. The van der Waals surface area contributed by atoms with Gasteiger partial charge in [0.1, 0.15) is 11.8 Å². The van der Waals surface area contributed by atoms with Crippen LogP contribution in [0.2, 0.25) is 0 Å². The molecule has 1 amide bonds. The highest BCUT2D eigenvalue weighted by atomic mass is 35.5. The molecule has 0 unspecified atom stereocenters. The van der Waals surface area contributed by atoms with Gasteiger partial charge in [-0.25, -0.2) is 4.79 Å². The second-order valence-corrected chi connectivity index (χ2v) is 6.72. The number of methoxy groups -OCH3 is 1. The molecule has 1 N–H and O–H groups in total. The Kier molecular flexibility index (Phi) is 6.63. The number of ether oxygens (including phenoxy) is 2. The van der Waals surface area contributed by atoms with Crippen molar-refractivity contribution in [3.05, 3.63) is 48.0 Å². The number of halogens is 1. The minimum atomic E-state index is -0.534. The number of aromatic nitrogens is 1. The largest absolute Gasteiger partial charge is 0.497 e. The highest BCUT2D eigenvalue weighted by Gasteiger charge is 2.19. The van der Waals surface area contributed by atoms with Crippen molar-refractivity contribution in [2.45, 2.75) is 19.9 Å². The average molecular weight is 412 g/mol. The molecule has 29 heavy (non-hydrogen) atoms. The number of anilines is 1. The Bertz CT molecular complexity index is 1070. The molecule has 6 nitrogen and oxygen atoms in total. The summed E-state index contributed by atoms with van der Waals surface area (Å²) in [4.78, 5) is 11.9. The Morgan fingerprint density at radius 1 is 1.28 bits per heavy atom. The van der Waals surface area contributed by atoms with E-state index in [4.69, 9.17) is 21.1 Å². The molecule has 3 aromatic rings. The zero-order chi connectivity index (χ0) is 20.8. The standard InChI is InChI=1S/C22H22ClN3O3/c1-3-26-20-9-8-17(28-2)13-18(20)19(14-24)21(26)15-6-4-7-16(12-15)25-22(27)29-11-5-10-23/h4,6-9,12-13H,3,5,10-11H2,1-2H3,(H,25,27). The summed E-state index contributed by atoms with van der Waals surface area (Å²) in [6.45, 7) is 2.99. The van der Waals surface area contributed by atoms with Gasteiger partial charge in [-0.15, -0.1) is 11.6 Å². The van der Waals surface area contributed by atoms with Crippen molar-refractivity contribution in [2.24, 2.45) is 0 Å². The van der Waals surface area contributed by atoms with Gasteiger partial charge in [-0.3, -0.25) is 5.32 Å². The third-order valence-electron chi connectivity index (χ3n) is 4.59. The van der Waals surface area contributed by atoms with Crippen LogP contribution >= 0.6 is 11.6 Å². The van der Waals surface area contributed by atoms with Crippen LogP contribution in [0.5, 0.6) is 5.75 Å². The number of benzene rings is 2. The van der Waals surface area contributed by atoms with Gasteiger partial charge < -0.3 is 14.0 Å². The number of nitrogens with one attached hydrogen (secondary N) is 1. The molecule has 0 bridgehead atoms. The van der Waals surface area contributed by atoms with E-state index in [0.717, 1.165) is 22.2 Å². The molecular weight excluding hydrogens is 390 g/mol. The lowest BCUT2D eigenvalue weighted by atomic mass is 10.1. The van der Waals surface area contributed by atoms with Crippen LogP contribution in [0, 0.1) is 11.3 Å². The summed E-state index contributed by atoms with van der Waals surface area (Å²) in [7, 11) is 1.60. The Labute approximate surface area is 174 Å². The normalized spacial score (nSPS) is 10.6. The molecule has 3 rings (SSSR count). The zero-order valence-electron chi connectivity index (χ0n) is 16.4. The fraction of sp³-hybridized carbons (Fsp3) is 0.273. The van der Waals surface area contributed by atoms with Crippen LogP contribution in [0.3, 0.4) is 0 Å². The number of hydrogen-bond acceptors (Lipinski definition) is 4. The summed E-state index contributed by atoms with van der Waals surface area (Å²) in [5.41, 5.74) is 3.75. The number of carbonyl (C=O) groups is 1. The Morgan fingerprint density at radius 2 is 2.10 bits per heavy atom. The number of nitrogens with zero attached hydrogens (tertiary/aromatic N) is 2. The molecule has 0 saturated heterocycles. The first kappa shape index (κ1) is 20.6. The smallest absolute Gasteiger partial charge is 0.411 e. The maximum absolute atomic E-state index is 11.9. The number of carbonyl (C=O) groups excluding carboxylic acids is 1. The van der Waals surface area contributed by atoms with E-state index in [0.29, 0.717) is 35.8 Å². The van der Waals surface area contributed by atoms with E-state index in [1.54, 1.807) is 13.2 Å². The van der Waals surface area contributed by atoms with Crippen molar-refractivity contribution in [1.29, 1.82) is 5.26 Å². The predicted octanol–water partition coefficient (Wildman–Crippen LogP) is 5.39. The molecule has 7 heteroatoms.